The van der Waals surface area contributed by atoms with Gasteiger partial charge in [-0.05, 0) is 54.2 Å². The molecule has 1 aromatic heterocycles. The number of nitrogens with zero attached hydrogens (tertiary/aromatic N) is 2. The van der Waals surface area contributed by atoms with Crippen LogP contribution in [0.1, 0.15) is 54.4 Å². The molecule has 2 amide bonds. The van der Waals surface area contributed by atoms with Crippen molar-refractivity contribution in [3.8, 4) is 0 Å². The van der Waals surface area contributed by atoms with Crippen LogP contribution in [0.15, 0.2) is 59.8 Å². The summed E-state index contributed by atoms with van der Waals surface area (Å²) in [7, 11) is -4.20. The van der Waals surface area contributed by atoms with E-state index in [9.17, 15) is 27.9 Å². The number of aromatic nitrogens is 1. The van der Waals surface area contributed by atoms with E-state index in [4.69, 9.17) is 46.4 Å². The number of carbonyl (C=O) groups excluding carboxylic acids is 2. The van der Waals surface area contributed by atoms with Crippen LogP contribution < -0.4 is 10.6 Å². The van der Waals surface area contributed by atoms with E-state index in [1.54, 1.807) is 24.3 Å². The number of aliphatic carboxylic acids is 1. The summed E-state index contributed by atoms with van der Waals surface area (Å²) in [5.74, 6) is -2.31. The first-order valence-electron chi connectivity index (χ1n) is 15.0. The zero-order valence-corrected chi connectivity index (χ0v) is 28.8. The van der Waals surface area contributed by atoms with E-state index < -0.39 is 39.9 Å². The maximum absolute atomic E-state index is 13.9. The van der Waals surface area contributed by atoms with Gasteiger partial charge in [-0.3, -0.25) is 14.6 Å². The molecule has 0 spiro atoms. The first-order chi connectivity index (χ1) is 22.3. The Bertz CT molecular complexity index is 1730. The first-order valence-corrected chi connectivity index (χ1v) is 18.0. The lowest BCUT2D eigenvalue weighted by molar-refractivity contribution is -0.142. The van der Waals surface area contributed by atoms with Crippen LogP contribution in [-0.4, -0.2) is 59.2 Å². The highest BCUT2D eigenvalue weighted by Crippen LogP contribution is 2.40. The van der Waals surface area contributed by atoms with E-state index in [0.29, 0.717) is 11.3 Å². The maximum Gasteiger partial charge on any atom is 0.326 e. The van der Waals surface area contributed by atoms with E-state index in [2.05, 4.69) is 15.6 Å². The number of amides is 2. The molecule has 3 N–H and O–H groups in total. The van der Waals surface area contributed by atoms with Crippen LogP contribution in [0.25, 0.3) is 0 Å². The summed E-state index contributed by atoms with van der Waals surface area (Å²) in [4.78, 5) is 42.5. The first kappa shape index (κ1) is 35.4. The molecule has 2 heterocycles. The summed E-state index contributed by atoms with van der Waals surface area (Å²) in [6, 6.07) is 7.91. The van der Waals surface area contributed by atoms with Crippen LogP contribution in [0.4, 0.5) is 5.69 Å². The van der Waals surface area contributed by atoms with E-state index >= 15 is 0 Å². The van der Waals surface area contributed by atoms with Crippen molar-refractivity contribution in [2.24, 2.45) is 11.8 Å². The molecule has 2 aliphatic rings. The van der Waals surface area contributed by atoms with E-state index in [-0.39, 0.29) is 61.8 Å². The Kier molecular flexibility index (Phi) is 11.4. The van der Waals surface area contributed by atoms with Gasteiger partial charge >= 0.3 is 5.97 Å². The van der Waals surface area contributed by atoms with Gasteiger partial charge < -0.3 is 15.7 Å². The molecule has 47 heavy (non-hydrogen) atoms. The molecule has 1 saturated carbocycles. The number of carbonyl (C=O) groups is 3. The van der Waals surface area contributed by atoms with E-state index in [1.807, 2.05) is 0 Å². The minimum atomic E-state index is -4.20. The van der Waals surface area contributed by atoms with Gasteiger partial charge in [0.05, 0.1) is 20.5 Å². The fourth-order valence-corrected chi connectivity index (χ4v) is 9.27. The summed E-state index contributed by atoms with van der Waals surface area (Å²) in [6.45, 7) is 0.135. The van der Waals surface area contributed by atoms with E-state index in [0.717, 1.165) is 32.1 Å². The number of carboxylic acid groups (broad SMARTS) is 1. The number of halogens is 4. The smallest absolute Gasteiger partial charge is 0.326 e. The molecule has 1 aliphatic carbocycles. The van der Waals surface area contributed by atoms with Crippen molar-refractivity contribution < 1.29 is 27.9 Å². The lowest BCUT2D eigenvalue weighted by Gasteiger charge is -2.27. The van der Waals surface area contributed by atoms with Gasteiger partial charge in [-0.25, -0.2) is 13.2 Å². The maximum atomic E-state index is 13.9. The third kappa shape index (κ3) is 8.39. The molecule has 3 atom stereocenters. The number of hydrogen-bond acceptors (Lipinski definition) is 6. The Hall–Kier alpha value is -2.93. The number of hydrogen-bond donors (Lipinski definition) is 3. The lowest BCUT2D eigenvalue weighted by atomic mass is 9.79. The molecule has 2 aromatic carbocycles. The monoisotopic (exact) mass is 740 g/mol. The minimum absolute atomic E-state index is 0.0570. The normalized spacial score (nSPS) is 19.7. The molecule has 0 bridgehead atoms. The highest BCUT2D eigenvalue weighted by atomic mass is 35.5. The average Bonchev–Trinajstić information content (AvgIpc) is 3.48. The highest BCUT2D eigenvalue weighted by Gasteiger charge is 2.46. The summed E-state index contributed by atoms with van der Waals surface area (Å²) in [6.07, 6.45) is 7.90. The summed E-state index contributed by atoms with van der Waals surface area (Å²) in [5, 5.41) is 15.8. The molecule has 0 radical (unpaired) electrons. The van der Waals surface area contributed by atoms with Crippen LogP contribution in [-0.2, 0) is 26.0 Å². The number of pyridine rings is 1. The third-order valence-corrected chi connectivity index (χ3v) is 11.6. The zero-order chi connectivity index (χ0) is 33.9. The second-order valence-corrected chi connectivity index (χ2v) is 15.4. The number of benzene rings is 2. The molecule has 10 nitrogen and oxygen atoms in total. The Balaban J connectivity index is 1.32. The van der Waals surface area contributed by atoms with Gasteiger partial charge in [0.1, 0.15) is 12.1 Å². The summed E-state index contributed by atoms with van der Waals surface area (Å²) < 4.78 is 29.0. The van der Waals surface area contributed by atoms with Crippen molar-refractivity contribution in [2.75, 3.05) is 11.9 Å². The van der Waals surface area contributed by atoms with Crippen molar-refractivity contribution in [3.63, 3.8) is 0 Å². The SMILES string of the molecule is O=C(Nc1ccc(C[C@H](NC(=O)C2C[C@H](C3CCCCC3)CN2S(=O)(=O)c2cc(Cl)cc(Cl)c2)C(=O)O)cc1)c1c(Cl)cncc1Cl. The van der Waals surface area contributed by atoms with Crippen LogP contribution in [0.5, 0.6) is 0 Å². The van der Waals surface area contributed by atoms with Crippen molar-refractivity contribution in [3.05, 3.63) is 86.1 Å². The summed E-state index contributed by atoms with van der Waals surface area (Å²) in [5.41, 5.74) is 1.02. The molecule has 15 heteroatoms. The molecular formula is C32H32Cl4N4O6S. The zero-order valence-electron chi connectivity index (χ0n) is 25.0. The molecule has 1 unspecified atom stereocenters. The fourth-order valence-electron chi connectivity index (χ4n) is 6.35. The molecule has 1 saturated heterocycles. The number of anilines is 1. The Morgan fingerprint density at radius 2 is 1.53 bits per heavy atom. The van der Waals surface area contributed by atoms with Gasteiger partial charge in [-0.1, -0.05) is 90.6 Å². The molecule has 2 fully saturated rings. The van der Waals surface area contributed by atoms with Gasteiger partial charge in [0.15, 0.2) is 0 Å². The van der Waals surface area contributed by atoms with Gasteiger partial charge in [-0.2, -0.15) is 4.31 Å². The van der Waals surface area contributed by atoms with Crippen LogP contribution >= 0.6 is 46.4 Å². The molecule has 3 aromatic rings. The van der Waals surface area contributed by atoms with Crippen molar-refractivity contribution in [2.45, 2.75) is 61.9 Å². The number of nitrogens with one attached hydrogen (secondary N) is 2. The third-order valence-electron chi connectivity index (χ3n) is 8.70. The average molecular weight is 743 g/mol. The quantitative estimate of drug-likeness (QED) is 0.209. The number of sulfonamides is 1. The minimum Gasteiger partial charge on any atom is -0.480 e. The second-order valence-electron chi connectivity index (χ2n) is 11.8. The van der Waals surface area contributed by atoms with Crippen LogP contribution in [0, 0.1) is 11.8 Å². The topological polar surface area (TPSA) is 146 Å². The predicted molar refractivity (Wildman–Crippen MR) is 181 cm³/mol. The standard InChI is InChI=1S/C32H32Cl4N4O6S/c33-21-12-22(34)14-24(13-21)47(45,46)40-17-20(19-4-2-1-3-5-19)11-28(40)30(41)39-27(32(43)44)10-18-6-8-23(9-7-18)38-31(42)29-25(35)15-37-16-26(29)36/h6-9,12-16,19-20,27-28H,1-5,10-11,17H2,(H,38,42)(H,39,41)(H,43,44)/t20-,27-,28?/m0/s1. The van der Waals surface area contributed by atoms with Gasteiger partial charge in [-0.15, -0.1) is 0 Å². The summed E-state index contributed by atoms with van der Waals surface area (Å²) >= 11 is 24.4. The van der Waals surface area contributed by atoms with Gasteiger partial charge in [0.2, 0.25) is 15.9 Å². The predicted octanol–water partition coefficient (Wildman–Crippen LogP) is 6.72. The van der Waals surface area contributed by atoms with Crippen molar-refractivity contribution >= 4 is 79.9 Å². The Morgan fingerprint density at radius 1 is 0.915 bits per heavy atom. The van der Waals surface area contributed by atoms with Gasteiger partial charge in [0, 0.05) is 41.1 Å². The van der Waals surface area contributed by atoms with Gasteiger partial charge in [0.25, 0.3) is 5.91 Å². The van der Waals surface area contributed by atoms with E-state index in [1.165, 1.54) is 34.9 Å². The molecule has 5 rings (SSSR count). The number of carboxylic acids is 1. The highest BCUT2D eigenvalue weighted by molar-refractivity contribution is 7.89. The van der Waals surface area contributed by atoms with Crippen LogP contribution in [0.3, 0.4) is 0 Å². The largest absolute Gasteiger partial charge is 0.480 e. The Labute approximate surface area is 292 Å². The number of rotatable bonds is 10. The van der Waals surface area contributed by atoms with Crippen molar-refractivity contribution in [1.29, 1.82) is 0 Å². The molecule has 1 aliphatic heterocycles. The van der Waals surface area contributed by atoms with Crippen molar-refractivity contribution in [1.82, 2.24) is 14.6 Å². The lowest BCUT2D eigenvalue weighted by Crippen LogP contribution is -2.51. The fraction of sp³-hybridized carbons (Fsp3) is 0.375. The molecule has 250 valence electrons. The van der Waals surface area contributed by atoms with Crippen LogP contribution in [0.2, 0.25) is 20.1 Å². The second kappa shape index (κ2) is 15.1. The molecular weight excluding hydrogens is 710 g/mol. The Morgan fingerprint density at radius 3 is 2.13 bits per heavy atom.